The second kappa shape index (κ2) is 9.94. The molecule has 0 spiro atoms. The first kappa shape index (κ1) is 22.5. The van der Waals surface area contributed by atoms with E-state index in [9.17, 15) is 9.59 Å². The highest BCUT2D eigenvalue weighted by Crippen LogP contribution is 2.24. The molecule has 1 unspecified atom stereocenters. The van der Waals surface area contributed by atoms with Crippen LogP contribution in [0.15, 0.2) is 66.9 Å². The van der Waals surface area contributed by atoms with Crippen LogP contribution in [0.25, 0.3) is 10.9 Å². The molecule has 0 bridgehead atoms. The number of hydrogen-bond donors (Lipinski definition) is 3. The Bertz CT molecular complexity index is 1330. The van der Waals surface area contributed by atoms with Crippen LogP contribution in [0, 0.1) is 0 Å². The van der Waals surface area contributed by atoms with Crippen LogP contribution in [-0.2, 0) is 4.74 Å². The molecule has 0 saturated carbocycles. The molecule has 1 aliphatic heterocycles. The first-order valence-corrected chi connectivity index (χ1v) is 11.5. The van der Waals surface area contributed by atoms with Crippen molar-refractivity contribution in [2.75, 3.05) is 36.5 Å². The Hall–Kier alpha value is -4.24. The molecule has 1 saturated heterocycles. The summed E-state index contributed by atoms with van der Waals surface area (Å²) in [5, 5.41) is 13.6. The number of aromatic amines is 1. The molecule has 3 N–H and O–H groups in total. The van der Waals surface area contributed by atoms with Crippen LogP contribution in [0.3, 0.4) is 0 Å². The number of H-pyrrole nitrogens is 1. The van der Waals surface area contributed by atoms with E-state index in [0.717, 1.165) is 30.0 Å². The molecule has 35 heavy (non-hydrogen) atoms. The van der Waals surface area contributed by atoms with E-state index in [1.165, 1.54) is 0 Å². The molecule has 1 atom stereocenters. The lowest BCUT2D eigenvalue weighted by Crippen LogP contribution is -2.36. The fraction of sp³-hybridized carbons (Fsp3) is 0.231. The van der Waals surface area contributed by atoms with Gasteiger partial charge >= 0.3 is 0 Å². The number of nitrogens with one attached hydrogen (secondary N) is 3. The second-order valence-corrected chi connectivity index (χ2v) is 8.38. The number of nitrogens with zero attached hydrogens (tertiary/aromatic N) is 3. The van der Waals surface area contributed by atoms with E-state index in [2.05, 4.69) is 30.7 Å². The second-order valence-electron chi connectivity index (χ2n) is 8.38. The number of benzene rings is 2. The van der Waals surface area contributed by atoms with Crippen molar-refractivity contribution in [1.82, 2.24) is 20.5 Å². The molecular weight excluding hydrogens is 444 g/mol. The van der Waals surface area contributed by atoms with Gasteiger partial charge in [-0.05, 0) is 61.5 Å². The Balaban J connectivity index is 1.29. The smallest absolute Gasteiger partial charge is 0.256 e. The summed E-state index contributed by atoms with van der Waals surface area (Å²) in [5.41, 5.74) is 3.55. The van der Waals surface area contributed by atoms with Crippen LogP contribution in [0.5, 0.6) is 0 Å². The van der Waals surface area contributed by atoms with Crippen LogP contribution in [-0.4, -0.2) is 53.3 Å². The standard InChI is InChI=1S/C26H26N6O3/c1-17(22-4-2-3-11-27-22)28-26(34)19-7-10-23-21(16-19)24(31-30-23)29-25(33)18-5-8-20(9-6-18)32-12-14-35-15-13-32/h2-11,16-17H,12-15H2,1H3,(H,28,34)(H2,29,30,31,33). The summed E-state index contributed by atoms with van der Waals surface area (Å²) in [6.07, 6.45) is 1.70. The highest BCUT2D eigenvalue weighted by Gasteiger charge is 2.17. The van der Waals surface area contributed by atoms with E-state index in [1.54, 1.807) is 36.5 Å². The lowest BCUT2D eigenvalue weighted by molar-refractivity contribution is 0.0938. The molecule has 9 heteroatoms. The third-order valence-corrected chi connectivity index (χ3v) is 6.04. The van der Waals surface area contributed by atoms with E-state index < -0.39 is 0 Å². The van der Waals surface area contributed by atoms with Gasteiger partial charge in [-0.1, -0.05) is 6.07 Å². The number of morpholine rings is 1. The van der Waals surface area contributed by atoms with Crippen LogP contribution < -0.4 is 15.5 Å². The predicted octanol–water partition coefficient (Wildman–Crippen LogP) is 3.54. The number of amides is 2. The average molecular weight is 471 g/mol. The minimum Gasteiger partial charge on any atom is -0.378 e. The average Bonchev–Trinajstić information content (AvgIpc) is 3.31. The molecule has 2 aromatic carbocycles. The van der Waals surface area contributed by atoms with Gasteiger partial charge in [-0.15, -0.1) is 0 Å². The third-order valence-electron chi connectivity index (χ3n) is 6.04. The molecule has 9 nitrogen and oxygen atoms in total. The van der Waals surface area contributed by atoms with Crippen molar-refractivity contribution in [2.45, 2.75) is 13.0 Å². The van der Waals surface area contributed by atoms with E-state index in [1.807, 2.05) is 37.3 Å². The molecule has 1 aliphatic rings. The van der Waals surface area contributed by atoms with Gasteiger partial charge < -0.3 is 20.3 Å². The van der Waals surface area contributed by atoms with Gasteiger partial charge in [0.2, 0.25) is 0 Å². The fourth-order valence-corrected chi connectivity index (χ4v) is 4.06. The number of fused-ring (bicyclic) bond motifs is 1. The maximum absolute atomic E-state index is 12.9. The van der Waals surface area contributed by atoms with E-state index in [0.29, 0.717) is 35.5 Å². The Morgan fingerprint density at radius 3 is 2.51 bits per heavy atom. The minimum absolute atomic E-state index is 0.234. The summed E-state index contributed by atoms with van der Waals surface area (Å²) in [6, 6.07) is 18.0. The van der Waals surface area contributed by atoms with Crippen molar-refractivity contribution in [3.05, 3.63) is 83.7 Å². The molecule has 178 valence electrons. The van der Waals surface area contributed by atoms with Crippen LogP contribution in [0.1, 0.15) is 39.4 Å². The molecule has 0 aliphatic carbocycles. The molecule has 1 fully saturated rings. The zero-order valence-corrected chi connectivity index (χ0v) is 19.3. The molecule has 4 aromatic rings. The van der Waals surface area contributed by atoms with Crippen molar-refractivity contribution in [3.63, 3.8) is 0 Å². The normalized spacial score (nSPS) is 14.5. The van der Waals surface area contributed by atoms with Crippen LogP contribution >= 0.6 is 0 Å². The Labute approximate surface area is 202 Å². The molecular formula is C26H26N6O3. The third kappa shape index (κ3) is 4.99. The number of hydrogen-bond acceptors (Lipinski definition) is 6. The SMILES string of the molecule is CC(NC(=O)c1ccc2[nH]nc(NC(=O)c3ccc(N4CCOCC4)cc3)c2c1)c1ccccn1. The maximum atomic E-state index is 12.9. The largest absolute Gasteiger partial charge is 0.378 e. The van der Waals surface area contributed by atoms with E-state index in [4.69, 9.17) is 4.74 Å². The van der Waals surface area contributed by atoms with Crippen LogP contribution in [0.4, 0.5) is 11.5 Å². The number of carbonyl (C=O) groups is 2. The monoisotopic (exact) mass is 470 g/mol. The topological polar surface area (TPSA) is 112 Å². The van der Waals surface area contributed by atoms with Gasteiger partial charge in [-0.2, -0.15) is 5.10 Å². The quantitative estimate of drug-likeness (QED) is 0.397. The summed E-state index contributed by atoms with van der Waals surface area (Å²) in [6.45, 7) is 4.96. The first-order valence-electron chi connectivity index (χ1n) is 11.5. The highest BCUT2D eigenvalue weighted by atomic mass is 16.5. The zero-order chi connectivity index (χ0) is 24.2. The summed E-state index contributed by atoms with van der Waals surface area (Å²) in [4.78, 5) is 32.2. The van der Waals surface area contributed by atoms with Crippen molar-refractivity contribution in [2.24, 2.45) is 0 Å². The van der Waals surface area contributed by atoms with Gasteiger partial charge in [0.05, 0.1) is 30.5 Å². The molecule has 3 heterocycles. The van der Waals surface area contributed by atoms with Crippen LogP contribution in [0.2, 0.25) is 0 Å². The summed E-state index contributed by atoms with van der Waals surface area (Å²) in [7, 11) is 0. The number of carbonyl (C=O) groups excluding carboxylic acids is 2. The maximum Gasteiger partial charge on any atom is 0.256 e. The van der Waals surface area contributed by atoms with E-state index >= 15 is 0 Å². The number of pyridine rings is 1. The summed E-state index contributed by atoms with van der Waals surface area (Å²) < 4.78 is 5.40. The Morgan fingerprint density at radius 2 is 1.77 bits per heavy atom. The first-order chi connectivity index (χ1) is 17.1. The molecule has 0 radical (unpaired) electrons. The number of aromatic nitrogens is 3. The zero-order valence-electron chi connectivity index (χ0n) is 19.3. The van der Waals surface area contributed by atoms with Gasteiger partial charge in [0.25, 0.3) is 11.8 Å². The molecule has 2 aromatic heterocycles. The van der Waals surface area contributed by atoms with Gasteiger partial charge in [0.15, 0.2) is 5.82 Å². The summed E-state index contributed by atoms with van der Waals surface area (Å²) >= 11 is 0. The molecule has 5 rings (SSSR count). The number of rotatable bonds is 6. The predicted molar refractivity (Wildman–Crippen MR) is 134 cm³/mol. The highest BCUT2D eigenvalue weighted by molar-refractivity contribution is 6.09. The van der Waals surface area contributed by atoms with Gasteiger partial charge in [-0.25, -0.2) is 0 Å². The van der Waals surface area contributed by atoms with Gasteiger partial charge in [0, 0.05) is 41.5 Å². The minimum atomic E-state index is -0.273. The fourth-order valence-electron chi connectivity index (χ4n) is 4.06. The van der Waals surface area contributed by atoms with Gasteiger partial charge in [0.1, 0.15) is 0 Å². The molecule has 2 amide bonds. The van der Waals surface area contributed by atoms with Crippen molar-refractivity contribution >= 4 is 34.2 Å². The lowest BCUT2D eigenvalue weighted by Gasteiger charge is -2.28. The Kier molecular flexibility index (Phi) is 6.40. The van der Waals surface area contributed by atoms with Gasteiger partial charge in [-0.3, -0.25) is 19.7 Å². The van der Waals surface area contributed by atoms with Crippen molar-refractivity contribution in [3.8, 4) is 0 Å². The van der Waals surface area contributed by atoms with Crippen molar-refractivity contribution < 1.29 is 14.3 Å². The van der Waals surface area contributed by atoms with E-state index in [-0.39, 0.29) is 17.9 Å². The summed E-state index contributed by atoms with van der Waals surface area (Å²) in [5.74, 6) is -0.137. The Morgan fingerprint density at radius 1 is 1.00 bits per heavy atom. The van der Waals surface area contributed by atoms with Crippen molar-refractivity contribution in [1.29, 1.82) is 0 Å². The number of anilines is 2. The number of ether oxygens (including phenoxy) is 1. The lowest BCUT2D eigenvalue weighted by atomic mass is 10.1.